The molecule has 5 nitrogen and oxygen atoms in total. The Labute approximate surface area is 68.9 Å². The molecule has 0 aliphatic heterocycles. The highest BCUT2D eigenvalue weighted by Crippen LogP contribution is 1.85. The second-order valence-electron chi connectivity index (χ2n) is 1.79. The maximum absolute atomic E-state index is 10.4. The minimum absolute atomic E-state index is 0.0770. The largest absolute Gasteiger partial charge is 0.480 e. The molecule has 0 spiro atoms. The normalized spacial score (nSPS) is 12.2. The van der Waals surface area contributed by atoms with E-state index in [1.54, 1.807) is 0 Å². The number of nitrogens with two attached hydrogens (primary N) is 1. The minimum Gasteiger partial charge on any atom is -0.480 e. The highest BCUT2D eigenvalue weighted by molar-refractivity contribution is 7.81. The molecule has 1 atom stereocenters. The lowest BCUT2D eigenvalue weighted by atomic mass is 10.3. The van der Waals surface area contributed by atoms with E-state index in [0.717, 1.165) is 0 Å². The first-order valence-electron chi connectivity index (χ1n) is 2.82. The third kappa shape index (κ3) is 4.63. The minimum atomic E-state index is -1.20. The number of carbonyl (C=O) groups is 2. The van der Waals surface area contributed by atoms with Crippen LogP contribution >= 0.6 is 12.6 Å². The van der Waals surface area contributed by atoms with Crippen LogP contribution < -0.4 is 5.73 Å². The third-order valence-corrected chi connectivity index (χ3v) is 1.13. The quantitative estimate of drug-likeness (QED) is 0.375. The van der Waals surface area contributed by atoms with Crippen molar-refractivity contribution in [1.82, 2.24) is 0 Å². The fourth-order valence-electron chi connectivity index (χ4n) is 0.300. The number of rotatable bonds is 4. The van der Waals surface area contributed by atoms with Crippen LogP contribution in [0.2, 0.25) is 0 Å². The lowest BCUT2D eigenvalue weighted by Crippen LogP contribution is -2.35. The van der Waals surface area contributed by atoms with E-state index in [1.807, 2.05) is 0 Å². The number of carboxylic acids is 1. The van der Waals surface area contributed by atoms with Crippen LogP contribution in [-0.2, 0) is 14.3 Å². The van der Waals surface area contributed by atoms with Gasteiger partial charge in [0, 0.05) is 0 Å². The fourth-order valence-corrected chi connectivity index (χ4v) is 0.391. The van der Waals surface area contributed by atoms with E-state index in [0.29, 0.717) is 0 Å². The molecule has 0 radical (unpaired) electrons. The molecule has 3 N–H and O–H groups in total. The van der Waals surface area contributed by atoms with Crippen LogP contribution in [0.1, 0.15) is 0 Å². The van der Waals surface area contributed by atoms with Gasteiger partial charge in [0.25, 0.3) is 0 Å². The molecule has 0 heterocycles. The summed E-state index contributed by atoms with van der Waals surface area (Å²) in [6.07, 6.45) is 0. The van der Waals surface area contributed by atoms with Gasteiger partial charge < -0.3 is 15.6 Å². The lowest BCUT2D eigenvalue weighted by molar-refractivity contribution is -0.145. The van der Waals surface area contributed by atoms with Gasteiger partial charge in [-0.1, -0.05) is 0 Å². The highest BCUT2D eigenvalue weighted by atomic mass is 32.1. The average Bonchev–Trinajstić information content (AvgIpc) is 1.99. The molecule has 0 rings (SSSR count). The van der Waals surface area contributed by atoms with E-state index in [2.05, 4.69) is 17.4 Å². The Hall–Kier alpha value is -0.750. The molecule has 0 aliphatic carbocycles. The van der Waals surface area contributed by atoms with Crippen molar-refractivity contribution < 1.29 is 19.4 Å². The summed E-state index contributed by atoms with van der Waals surface area (Å²) in [5, 5.41) is 8.23. The molecule has 64 valence electrons. The summed E-state index contributed by atoms with van der Waals surface area (Å²) >= 11 is 3.61. The Morgan fingerprint density at radius 3 is 2.55 bits per heavy atom. The standard InChI is InChI=1S/C5H9NO4S/c6-3(5(8)9)1-10-4(7)2-11/h3,11H,1-2,6H2,(H,8,9)/t3-/m0/s1. The van der Waals surface area contributed by atoms with Crippen molar-refractivity contribution in [2.45, 2.75) is 6.04 Å². The lowest BCUT2D eigenvalue weighted by Gasteiger charge is -2.05. The van der Waals surface area contributed by atoms with Crippen LogP contribution in [0.3, 0.4) is 0 Å². The van der Waals surface area contributed by atoms with Crippen molar-refractivity contribution in [2.75, 3.05) is 12.4 Å². The zero-order valence-corrected chi connectivity index (χ0v) is 6.58. The zero-order chi connectivity index (χ0) is 8.85. The second-order valence-corrected chi connectivity index (χ2v) is 2.10. The van der Waals surface area contributed by atoms with Gasteiger partial charge in [0.1, 0.15) is 12.6 Å². The van der Waals surface area contributed by atoms with E-state index in [9.17, 15) is 9.59 Å². The first kappa shape index (κ1) is 10.2. The number of aliphatic carboxylic acids is 1. The molecule has 0 bridgehead atoms. The van der Waals surface area contributed by atoms with Crippen LogP contribution in [0.4, 0.5) is 0 Å². The SMILES string of the molecule is N[C@@H](COC(=O)CS)C(=O)O. The van der Waals surface area contributed by atoms with E-state index < -0.39 is 18.0 Å². The predicted molar refractivity (Wildman–Crippen MR) is 40.4 cm³/mol. The maximum Gasteiger partial charge on any atom is 0.324 e. The molecule has 0 saturated heterocycles. The number of carbonyl (C=O) groups excluding carboxylic acids is 1. The molecule has 0 amide bonds. The molecule has 0 aromatic heterocycles. The first-order chi connectivity index (χ1) is 5.07. The predicted octanol–water partition coefficient (Wildman–Crippen LogP) is -1.13. The molecular formula is C5H9NO4S. The zero-order valence-electron chi connectivity index (χ0n) is 5.69. The number of hydrogen-bond donors (Lipinski definition) is 3. The molecule has 0 aliphatic rings. The topological polar surface area (TPSA) is 89.6 Å². The molecule has 11 heavy (non-hydrogen) atoms. The summed E-state index contributed by atoms with van der Waals surface area (Å²) in [7, 11) is 0. The van der Waals surface area contributed by atoms with Gasteiger partial charge in [-0.15, -0.1) is 0 Å². The molecule has 6 heteroatoms. The van der Waals surface area contributed by atoms with Crippen LogP contribution in [0.5, 0.6) is 0 Å². The summed E-state index contributed by atoms with van der Waals surface area (Å²) in [6, 6.07) is -1.15. The van der Waals surface area contributed by atoms with E-state index in [4.69, 9.17) is 10.8 Å². The van der Waals surface area contributed by atoms with Gasteiger partial charge in [0.15, 0.2) is 0 Å². The smallest absolute Gasteiger partial charge is 0.324 e. The molecule has 0 saturated carbocycles. The number of esters is 1. The van der Waals surface area contributed by atoms with Crippen LogP contribution in [-0.4, -0.2) is 35.4 Å². The Bertz CT molecular complexity index is 161. The van der Waals surface area contributed by atoms with Gasteiger partial charge in [-0.2, -0.15) is 12.6 Å². The summed E-state index contributed by atoms with van der Waals surface area (Å²) in [5.41, 5.74) is 5.02. The Balaban J connectivity index is 3.54. The van der Waals surface area contributed by atoms with Gasteiger partial charge >= 0.3 is 11.9 Å². The maximum atomic E-state index is 10.4. The summed E-state index contributed by atoms with van der Waals surface area (Å²) in [4.78, 5) is 20.5. The van der Waals surface area contributed by atoms with Gasteiger partial charge in [0.2, 0.25) is 0 Å². The summed E-state index contributed by atoms with van der Waals surface area (Å²) < 4.78 is 4.39. The van der Waals surface area contributed by atoms with Gasteiger partial charge in [-0.3, -0.25) is 9.59 Å². The van der Waals surface area contributed by atoms with E-state index in [-0.39, 0.29) is 12.4 Å². The van der Waals surface area contributed by atoms with E-state index >= 15 is 0 Å². The summed E-state index contributed by atoms with van der Waals surface area (Å²) in [5.74, 6) is -1.85. The molecule has 0 unspecified atom stereocenters. The molecule has 0 aromatic carbocycles. The van der Waals surface area contributed by atoms with Crippen molar-refractivity contribution in [2.24, 2.45) is 5.73 Å². The number of carboxylic acid groups (broad SMARTS) is 1. The fraction of sp³-hybridized carbons (Fsp3) is 0.600. The van der Waals surface area contributed by atoms with Crippen molar-refractivity contribution in [3.8, 4) is 0 Å². The molecule has 0 aromatic rings. The second kappa shape index (κ2) is 4.97. The van der Waals surface area contributed by atoms with Gasteiger partial charge in [-0.05, 0) is 0 Å². The van der Waals surface area contributed by atoms with E-state index in [1.165, 1.54) is 0 Å². The third-order valence-electron chi connectivity index (χ3n) is 0.870. The van der Waals surface area contributed by atoms with Crippen molar-refractivity contribution in [3.05, 3.63) is 0 Å². The number of hydrogen-bond acceptors (Lipinski definition) is 5. The first-order valence-corrected chi connectivity index (χ1v) is 3.46. The Morgan fingerprint density at radius 2 is 2.18 bits per heavy atom. The molecule has 0 fully saturated rings. The van der Waals surface area contributed by atoms with Crippen LogP contribution in [0.25, 0.3) is 0 Å². The van der Waals surface area contributed by atoms with Crippen LogP contribution in [0.15, 0.2) is 0 Å². The average molecular weight is 179 g/mol. The molecular weight excluding hydrogens is 170 g/mol. The summed E-state index contributed by atoms with van der Waals surface area (Å²) in [6.45, 7) is -0.311. The van der Waals surface area contributed by atoms with Crippen molar-refractivity contribution >= 4 is 24.6 Å². The van der Waals surface area contributed by atoms with Gasteiger partial charge in [0.05, 0.1) is 5.75 Å². The number of thiol groups is 1. The Kier molecular flexibility index (Phi) is 4.64. The van der Waals surface area contributed by atoms with Crippen molar-refractivity contribution in [1.29, 1.82) is 0 Å². The number of ether oxygens (including phenoxy) is 1. The monoisotopic (exact) mass is 179 g/mol. The van der Waals surface area contributed by atoms with Crippen LogP contribution in [0, 0.1) is 0 Å². The Morgan fingerprint density at radius 1 is 1.64 bits per heavy atom. The van der Waals surface area contributed by atoms with Crippen molar-refractivity contribution in [3.63, 3.8) is 0 Å². The van der Waals surface area contributed by atoms with Gasteiger partial charge in [-0.25, -0.2) is 0 Å². The highest BCUT2D eigenvalue weighted by Gasteiger charge is 2.12.